The van der Waals surface area contributed by atoms with Gasteiger partial charge in [-0.05, 0) is 37.3 Å². The second-order valence-electron chi connectivity index (χ2n) is 4.60. The maximum Gasteiger partial charge on any atom is 0.247 e. The van der Waals surface area contributed by atoms with E-state index >= 15 is 0 Å². The van der Waals surface area contributed by atoms with Crippen LogP contribution in [-0.2, 0) is 10.3 Å². The molecular weight excluding hydrogens is 295 g/mol. The van der Waals surface area contributed by atoms with Crippen molar-refractivity contribution in [2.45, 2.75) is 12.5 Å². The molecule has 0 aliphatic rings. The molecular formula is C15H14Cl2N2O. The minimum atomic E-state index is -1.10. The lowest BCUT2D eigenvalue weighted by atomic mass is 9.90. The number of nitrogens with one attached hydrogen (secondary N) is 1. The molecule has 0 aliphatic heterocycles. The molecule has 0 aromatic heterocycles. The van der Waals surface area contributed by atoms with Crippen molar-refractivity contribution in [1.82, 2.24) is 0 Å². The first-order valence-corrected chi connectivity index (χ1v) is 6.78. The zero-order chi connectivity index (χ0) is 14.8. The molecule has 2 aromatic carbocycles. The zero-order valence-corrected chi connectivity index (χ0v) is 12.4. The maximum atomic E-state index is 11.9. The Labute approximate surface area is 127 Å². The molecule has 20 heavy (non-hydrogen) atoms. The fourth-order valence-corrected chi connectivity index (χ4v) is 2.40. The number of primary amides is 1. The molecule has 0 heterocycles. The second-order valence-corrected chi connectivity index (χ2v) is 5.44. The van der Waals surface area contributed by atoms with Gasteiger partial charge < -0.3 is 11.1 Å². The van der Waals surface area contributed by atoms with E-state index in [-0.39, 0.29) is 0 Å². The topological polar surface area (TPSA) is 55.1 Å². The van der Waals surface area contributed by atoms with Gasteiger partial charge in [-0.25, -0.2) is 0 Å². The number of benzene rings is 2. The number of anilines is 1. The molecule has 2 rings (SSSR count). The standard InChI is InChI=1S/C15H14Cl2N2O/c1-15(14(18)20,12-4-2-3-5-13(12)17)19-11-8-6-10(16)7-9-11/h2-9,19H,1H3,(H2,18,20). The van der Waals surface area contributed by atoms with Crippen molar-refractivity contribution in [2.24, 2.45) is 5.73 Å². The number of carbonyl (C=O) groups is 1. The first-order valence-electron chi connectivity index (χ1n) is 6.02. The number of carbonyl (C=O) groups excluding carboxylic acids is 1. The van der Waals surface area contributed by atoms with Crippen LogP contribution >= 0.6 is 23.2 Å². The first-order chi connectivity index (χ1) is 9.43. The van der Waals surface area contributed by atoms with Crippen LogP contribution in [0.25, 0.3) is 0 Å². The van der Waals surface area contributed by atoms with Gasteiger partial charge in [0, 0.05) is 21.3 Å². The third kappa shape index (κ3) is 2.89. The lowest BCUT2D eigenvalue weighted by molar-refractivity contribution is -0.122. The number of halogens is 2. The molecule has 0 aliphatic carbocycles. The predicted octanol–water partition coefficient (Wildman–Crippen LogP) is 3.81. The third-order valence-corrected chi connectivity index (χ3v) is 3.73. The Morgan fingerprint density at radius 1 is 1.10 bits per heavy atom. The molecule has 0 saturated heterocycles. The minimum absolute atomic E-state index is 0.482. The Hall–Kier alpha value is -1.71. The van der Waals surface area contributed by atoms with Crippen LogP contribution in [0.3, 0.4) is 0 Å². The van der Waals surface area contributed by atoms with Gasteiger partial charge in [0.25, 0.3) is 0 Å². The van der Waals surface area contributed by atoms with Crippen LogP contribution in [0.1, 0.15) is 12.5 Å². The van der Waals surface area contributed by atoms with E-state index in [9.17, 15) is 4.79 Å². The van der Waals surface area contributed by atoms with Gasteiger partial charge in [0.2, 0.25) is 5.91 Å². The first kappa shape index (κ1) is 14.7. The van der Waals surface area contributed by atoms with E-state index in [0.29, 0.717) is 15.6 Å². The van der Waals surface area contributed by atoms with Gasteiger partial charge in [-0.1, -0.05) is 41.4 Å². The Balaban J connectivity index is 2.43. The second kappa shape index (κ2) is 5.73. The van der Waals surface area contributed by atoms with E-state index in [4.69, 9.17) is 28.9 Å². The molecule has 104 valence electrons. The number of amides is 1. The summed E-state index contributed by atoms with van der Waals surface area (Å²) in [6.07, 6.45) is 0. The highest BCUT2D eigenvalue weighted by atomic mass is 35.5. The van der Waals surface area contributed by atoms with E-state index in [2.05, 4.69) is 5.32 Å². The highest BCUT2D eigenvalue weighted by molar-refractivity contribution is 6.32. The molecule has 5 heteroatoms. The third-order valence-electron chi connectivity index (χ3n) is 3.14. The van der Waals surface area contributed by atoms with E-state index in [1.165, 1.54) is 0 Å². The molecule has 3 nitrogen and oxygen atoms in total. The molecule has 1 atom stereocenters. The van der Waals surface area contributed by atoms with Gasteiger partial charge >= 0.3 is 0 Å². The highest BCUT2D eigenvalue weighted by Gasteiger charge is 2.34. The van der Waals surface area contributed by atoms with Gasteiger partial charge in [-0.3, -0.25) is 4.79 Å². The maximum absolute atomic E-state index is 11.9. The summed E-state index contributed by atoms with van der Waals surface area (Å²) in [5.41, 5.74) is 5.82. The number of rotatable bonds is 4. The summed E-state index contributed by atoms with van der Waals surface area (Å²) < 4.78 is 0. The Kier molecular flexibility index (Phi) is 4.21. The molecule has 1 amide bonds. The smallest absolute Gasteiger partial charge is 0.247 e. The zero-order valence-electron chi connectivity index (χ0n) is 10.9. The average Bonchev–Trinajstić information content (AvgIpc) is 2.41. The highest BCUT2D eigenvalue weighted by Crippen LogP contribution is 2.31. The molecule has 0 fully saturated rings. The average molecular weight is 309 g/mol. The van der Waals surface area contributed by atoms with E-state index in [0.717, 1.165) is 5.69 Å². The van der Waals surface area contributed by atoms with E-state index in [1.54, 1.807) is 49.4 Å². The Morgan fingerprint density at radius 3 is 2.25 bits per heavy atom. The fraction of sp³-hybridized carbons (Fsp3) is 0.133. The van der Waals surface area contributed by atoms with Crippen molar-refractivity contribution in [2.75, 3.05) is 5.32 Å². The number of nitrogens with two attached hydrogens (primary N) is 1. The van der Waals surface area contributed by atoms with Gasteiger partial charge in [0.15, 0.2) is 0 Å². The summed E-state index contributed by atoms with van der Waals surface area (Å²) in [6.45, 7) is 1.70. The van der Waals surface area contributed by atoms with Crippen LogP contribution in [0, 0.1) is 0 Å². The SMILES string of the molecule is CC(Nc1ccc(Cl)cc1)(C(N)=O)c1ccccc1Cl. The van der Waals surface area contributed by atoms with Crippen LogP contribution < -0.4 is 11.1 Å². The predicted molar refractivity (Wildman–Crippen MR) is 83.1 cm³/mol. The van der Waals surface area contributed by atoms with Crippen LogP contribution in [-0.4, -0.2) is 5.91 Å². The lowest BCUT2D eigenvalue weighted by Crippen LogP contribution is -2.45. The Morgan fingerprint density at radius 2 is 1.70 bits per heavy atom. The van der Waals surface area contributed by atoms with Crippen LogP contribution in [0.5, 0.6) is 0 Å². The van der Waals surface area contributed by atoms with Crippen molar-refractivity contribution < 1.29 is 4.79 Å². The lowest BCUT2D eigenvalue weighted by Gasteiger charge is -2.30. The summed E-state index contributed by atoms with van der Waals surface area (Å²) in [6, 6.07) is 14.1. The van der Waals surface area contributed by atoms with Crippen molar-refractivity contribution in [3.8, 4) is 0 Å². The van der Waals surface area contributed by atoms with Gasteiger partial charge in [0.05, 0.1) is 0 Å². The minimum Gasteiger partial charge on any atom is -0.368 e. The summed E-state index contributed by atoms with van der Waals surface area (Å²) in [5.74, 6) is -0.513. The monoisotopic (exact) mass is 308 g/mol. The van der Waals surface area contributed by atoms with Crippen LogP contribution in [0.15, 0.2) is 48.5 Å². The fourth-order valence-electron chi connectivity index (χ4n) is 1.95. The molecule has 2 aromatic rings. The van der Waals surface area contributed by atoms with Crippen molar-refractivity contribution in [3.05, 3.63) is 64.1 Å². The molecule has 0 bridgehead atoms. The van der Waals surface area contributed by atoms with Gasteiger partial charge in [-0.2, -0.15) is 0 Å². The van der Waals surface area contributed by atoms with E-state index < -0.39 is 11.4 Å². The summed E-state index contributed by atoms with van der Waals surface area (Å²) in [5, 5.41) is 4.22. The normalized spacial score (nSPS) is 13.6. The summed E-state index contributed by atoms with van der Waals surface area (Å²) in [7, 11) is 0. The van der Waals surface area contributed by atoms with Crippen LogP contribution in [0.4, 0.5) is 5.69 Å². The number of hydrogen-bond acceptors (Lipinski definition) is 2. The summed E-state index contributed by atoms with van der Waals surface area (Å²) in [4.78, 5) is 11.9. The quantitative estimate of drug-likeness (QED) is 0.902. The molecule has 3 N–H and O–H groups in total. The Bertz CT molecular complexity index is 628. The van der Waals surface area contributed by atoms with E-state index in [1.807, 2.05) is 6.07 Å². The van der Waals surface area contributed by atoms with Crippen molar-refractivity contribution >= 4 is 34.8 Å². The summed E-state index contributed by atoms with van der Waals surface area (Å²) >= 11 is 12.0. The molecule has 0 saturated carbocycles. The van der Waals surface area contributed by atoms with Gasteiger partial charge in [-0.15, -0.1) is 0 Å². The number of hydrogen-bond donors (Lipinski definition) is 2. The van der Waals surface area contributed by atoms with Crippen molar-refractivity contribution in [1.29, 1.82) is 0 Å². The largest absolute Gasteiger partial charge is 0.368 e. The van der Waals surface area contributed by atoms with Gasteiger partial charge in [0.1, 0.15) is 5.54 Å². The molecule has 0 radical (unpaired) electrons. The van der Waals surface area contributed by atoms with Crippen molar-refractivity contribution in [3.63, 3.8) is 0 Å². The van der Waals surface area contributed by atoms with Crippen LogP contribution in [0.2, 0.25) is 10.0 Å². The molecule has 1 unspecified atom stereocenters. The molecule has 0 spiro atoms.